The van der Waals surface area contributed by atoms with E-state index in [1.807, 2.05) is 31.2 Å². The number of methoxy groups -OCH3 is 1. The van der Waals surface area contributed by atoms with Crippen LogP contribution in [0.5, 0.6) is 0 Å². The first-order valence-corrected chi connectivity index (χ1v) is 6.68. The largest absolute Gasteiger partial charge is 0.383 e. The third-order valence-corrected chi connectivity index (χ3v) is 2.88. The van der Waals surface area contributed by atoms with Gasteiger partial charge in [0.25, 0.3) is 0 Å². The van der Waals surface area contributed by atoms with Crippen molar-refractivity contribution in [3.8, 4) is 0 Å². The number of para-hydroxylation sites is 2. The molecule has 1 heterocycles. The van der Waals surface area contributed by atoms with Crippen LogP contribution in [-0.4, -0.2) is 42.2 Å². The summed E-state index contributed by atoms with van der Waals surface area (Å²) in [5, 5.41) is 3.07. The summed E-state index contributed by atoms with van der Waals surface area (Å²) in [7, 11) is 1.66. The quantitative estimate of drug-likeness (QED) is 0.543. The monoisotopic (exact) mass is 275 g/mol. The second kappa shape index (κ2) is 6.91. The zero-order valence-electron chi connectivity index (χ0n) is 11.9. The predicted molar refractivity (Wildman–Crippen MR) is 80.8 cm³/mol. The van der Waals surface area contributed by atoms with Crippen LogP contribution >= 0.6 is 0 Å². The van der Waals surface area contributed by atoms with Gasteiger partial charge in [0, 0.05) is 26.1 Å². The first-order chi connectivity index (χ1) is 9.69. The maximum absolute atomic E-state index is 5.80. The number of hydrogen-bond donors (Lipinski definition) is 3. The fraction of sp³-hybridized carbons (Fsp3) is 0.429. The number of nitrogens with two attached hydrogens (primary N) is 1. The number of aromatic nitrogens is 2. The Morgan fingerprint density at radius 1 is 1.50 bits per heavy atom. The van der Waals surface area contributed by atoms with Crippen molar-refractivity contribution in [2.75, 3.05) is 20.3 Å². The van der Waals surface area contributed by atoms with Crippen LogP contribution in [0.4, 0.5) is 0 Å². The molecule has 0 spiro atoms. The second-order valence-corrected chi connectivity index (χ2v) is 4.72. The van der Waals surface area contributed by atoms with Crippen molar-refractivity contribution in [1.82, 2.24) is 15.3 Å². The minimum absolute atomic E-state index is 0.148. The number of guanidine groups is 1. The summed E-state index contributed by atoms with van der Waals surface area (Å²) in [6.07, 6.45) is 0.732. The Bertz CT molecular complexity index is 545. The number of rotatable bonds is 6. The Kier molecular flexibility index (Phi) is 4.95. The summed E-state index contributed by atoms with van der Waals surface area (Å²) in [5.74, 6) is 1.36. The summed E-state index contributed by atoms with van der Waals surface area (Å²) < 4.78 is 5.02. The van der Waals surface area contributed by atoms with Gasteiger partial charge in [-0.1, -0.05) is 12.1 Å². The van der Waals surface area contributed by atoms with Crippen LogP contribution in [0, 0.1) is 0 Å². The molecule has 0 aliphatic heterocycles. The van der Waals surface area contributed by atoms with Gasteiger partial charge in [-0.05, 0) is 19.1 Å². The molecule has 1 atom stereocenters. The molecule has 6 nitrogen and oxygen atoms in total. The number of nitrogens with zero attached hydrogens (tertiary/aromatic N) is 2. The van der Waals surface area contributed by atoms with Gasteiger partial charge in [-0.3, -0.25) is 4.99 Å². The van der Waals surface area contributed by atoms with Crippen molar-refractivity contribution in [3.05, 3.63) is 30.1 Å². The number of benzene rings is 1. The highest BCUT2D eigenvalue weighted by atomic mass is 16.5. The van der Waals surface area contributed by atoms with E-state index in [1.165, 1.54) is 0 Å². The highest BCUT2D eigenvalue weighted by Crippen LogP contribution is 2.10. The lowest BCUT2D eigenvalue weighted by Gasteiger charge is -2.12. The number of ether oxygens (including phenoxy) is 1. The third-order valence-electron chi connectivity index (χ3n) is 2.88. The molecule has 2 rings (SSSR count). The van der Waals surface area contributed by atoms with Crippen LogP contribution in [0.1, 0.15) is 12.7 Å². The standard InChI is InChI=1S/C14H21N5O/c1-10(9-20-2)17-14(15)16-8-7-13-18-11-5-3-4-6-12(11)19-13/h3-6,10H,7-9H2,1-2H3,(H,18,19)(H3,15,16,17). The molecule has 108 valence electrons. The Labute approximate surface area is 118 Å². The molecule has 2 aromatic rings. The molecule has 4 N–H and O–H groups in total. The Morgan fingerprint density at radius 3 is 3.05 bits per heavy atom. The zero-order chi connectivity index (χ0) is 14.4. The Hall–Kier alpha value is -2.08. The van der Waals surface area contributed by atoms with Crippen LogP contribution in [0.2, 0.25) is 0 Å². The van der Waals surface area contributed by atoms with Crippen molar-refractivity contribution in [3.63, 3.8) is 0 Å². The first-order valence-electron chi connectivity index (χ1n) is 6.68. The molecule has 0 bridgehead atoms. The van der Waals surface area contributed by atoms with E-state index in [9.17, 15) is 0 Å². The minimum atomic E-state index is 0.148. The topological polar surface area (TPSA) is 88.3 Å². The summed E-state index contributed by atoms with van der Waals surface area (Å²) >= 11 is 0. The molecule has 1 aromatic heterocycles. The van der Waals surface area contributed by atoms with Gasteiger partial charge < -0.3 is 20.8 Å². The molecular formula is C14H21N5O. The van der Waals surface area contributed by atoms with E-state index in [4.69, 9.17) is 10.5 Å². The lowest BCUT2D eigenvalue weighted by Crippen LogP contribution is -2.40. The third kappa shape index (κ3) is 3.96. The maximum atomic E-state index is 5.80. The number of fused-ring (bicyclic) bond motifs is 1. The van der Waals surface area contributed by atoms with E-state index in [2.05, 4.69) is 20.3 Å². The molecule has 1 unspecified atom stereocenters. The smallest absolute Gasteiger partial charge is 0.188 e. The molecule has 1 aromatic carbocycles. The van der Waals surface area contributed by atoms with E-state index < -0.39 is 0 Å². The van der Waals surface area contributed by atoms with Gasteiger partial charge in [0.1, 0.15) is 5.82 Å². The Balaban J connectivity index is 1.85. The van der Waals surface area contributed by atoms with E-state index in [0.29, 0.717) is 19.1 Å². The van der Waals surface area contributed by atoms with Crippen molar-refractivity contribution < 1.29 is 4.74 Å². The average molecular weight is 275 g/mol. The van der Waals surface area contributed by atoms with Gasteiger partial charge in [-0.15, -0.1) is 0 Å². The van der Waals surface area contributed by atoms with E-state index in [1.54, 1.807) is 7.11 Å². The molecule has 0 fully saturated rings. The number of hydrogen-bond acceptors (Lipinski definition) is 3. The van der Waals surface area contributed by atoms with Gasteiger partial charge in [0.15, 0.2) is 5.96 Å². The fourth-order valence-electron chi connectivity index (χ4n) is 2.00. The Morgan fingerprint density at radius 2 is 2.30 bits per heavy atom. The highest BCUT2D eigenvalue weighted by molar-refractivity contribution is 5.78. The molecule has 0 aliphatic carbocycles. The van der Waals surface area contributed by atoms with Crippen LogP contribution < -0.4 is 11.1 Å². The molecule has 0 saturated heterocycles. The minimum Gasteiger partial charge on any atom is -0.383 e. The lowest BCUT2D eigenvalue weighted by atomic mass is 10.3. The van der Waals surface area contributed by atoms with Crippen molar-refractivity contribution in [1.29, 1.82) is 0 Å². The predicted octanol–water partition coefficient (Wildman–Crippen LogP) is 1.04. The van der Waals surface area contributed by atoms with Gasteiger partial charge in [-0.25, -0.2) is 4.98 Å². The van der Waals surface area contributed by atoms with Gasteiger partial charge in [0.05, 0.1) is 17.6 Å². The highest BCUT2D eigenvalue weighted by Gasteiger charge is 2.03. The summed E-state index contributed by atoms with van der Waals surface area (Å²) in [6, 6.07) is 8.11. The van der Waals surface area contributed by atoms with E-state index >= 15 is 0 Å². The van der Waals surface area contributed by atoms with E-state index in [0.717, 1.165) is 23.3 Å². The van der Waals surface area contributed by atoms with Crippen LogP contribution in [-0.2, 0) is 11.2 Å². The molecule has 6 heteroatoms. The van der Waals surface area contributed by atoms with Crippen LogP contribution in [0.3, 0.4) is 0 Å². The number of imidazole rings is 1. The molecule has 0 aliphatic rings. The fourth-order valence-corrected chi connectivity index (χ4v) is 2.00. The molecule has 0 radical (unpaired) electrons. The molecule has 20 heavy (non-hydrogen) atoms. The average Bonchev–Trinajstić information content (AvgIpc) is 2.81. The zero-order valence-corrected chi connectivity index (χ0v) is 11.9. The van der Waals surface area contributed by atoms with Crippen LogP contribution in [0.25, 0.3) is 11.0 Å². The van der Waals surface area contributed by atoms with Crippen molar-refractivity contribution in [2.24, 2.45) is 10.7 Å². The normalized spacial score (nSPS) is 13.6. The maximum Gasteiger partial charge on any atom is 0.188 e. The molecule has 0 saturated carbocycles. The number of nitrogens with one attached hydrogen (secondary N) is 2. The van der Waals surface area contributed by atoms with Crippen molar-refractivity contribution >= 4 is 17.0 Å². The SMILES string of the molecule is COCC(C)NC(N)=NCCc1nc2ccccc2[nH]1. The second-order valence-electron chi connectivity index (χ2n) is 4.72. The first kappa shape index (κ1) is 14.3. The van der Waals surface area contributed by atoms with Gasteiger partial charge >= 0.3 is 0 Å². The lowest BCUT2D eigenvalue weighted by molar-refractivity contribution is 0.179. The van der Waals surface area contributed by atoms with Crippen molar-refractivity contribution in [2.45, 2.75) is 19.4 Å². The van der Waals surface area contributed by atoms with E-state index in [-0.39, 0.29) is 6.04 Å². The summed E-state index contributed by atoms with van der Waals surface area (Å²) in [4.78, 5) is 12.0. The molecular weight excluding hydrogens is 254 g/mol. The number of aliphatic imine (C=N–C) groups is 1. The number of H-pyrrole nitrogens is 1. The molecule has 0 amide bonds. The summed E-state index contributed by atoms with van der Waals surface area (Å²) in [6.45, 7) is 3.18. The van der Waals surface area contributed by atoms with Crippen LogP contribution in [0.15, 0.2) is 29.3 Å². The van der Waals surface area contributed by atoms with Gasteiger partial charge in [-0.2, -0.15) is 0 Å². The number of aromatic amines is 1. The summed E-state index contributed by atoms with van der Waals surface area (Å²) in [5.41, 5.74) is 7.82. The van der Waals surface area contributed by atoms with Gasteiger partial charge in [0.2, 0.25) is 0 Å².